The second kappa shape index (κ2) is 7.31. The van der Waals surface area contributed by atoms with Crippen LogP contribution < -0.4 is 10.6 Å². The number of urea groups is 1. The Kier molecular flexibility index (Phi) is 5.67. The van der Waals surface area contributed by atoms with Gasteiger partial charge in [-0.05, 0) is 43.6 Å². The summed E-state index contributed by atoms with van der Waals surface area (Å²) in [4.78, 5) is 24.6. The molecule has 2 rings (SSSR count). The van der Waals surface area contributed by atoms with Crippen LogP contribution >= 0.6 is 0 Å². The highest BCUT2D eigenvalue weighted by atomic mass is 16.4. The van der Waals surface area contributed by atoms with Gasteiger partial charge in [0.05, 0.1) is 6.54 Å². The molecule has 2 aliphatic rings. The molecule has 6 nitrogen and oxygen atoms in total. The van der Waals surface area contributed by atoms with Crippen molar-refractivity contribution in [2.45, 2.75) is 52.1 Å². The predicted octanol–water partition coefficient (Wildman–Crippen LogP) is 1.52. The molecule has 0 unspecified atom stereocenters. The molecule has 22 heavy (non-hydrogen) atoms. The van der Waals surface area contributed by atoms with Gasteiger partial charge in [-0.25, -0.2) is 4.79 Å². The third-order valence-electron chi connectivity index (χ3n) is 5.07. The van der Waals surface area contributed by atoms with Crippen LogP contribution in [0.25, 0.3) is 0 Å². The second-order valence-corrected chi connectivity index (χ2v) is 7.04. The zero-order chi connectivity index (χ0) is 16.3. The summed E-state index contributed by atoms with van der Waals surface area (Å²) in [6, 6.07) is 0.368. The quantitative estimate of drug-likeness (QED) is 0.635. The zero-order valence-electron chi connectivity index (χ0n) is 13.8. The summed E-state index contributed by atoms with van der Waals surface area (Å²) in [5, 5.41) is 14.8. The molecular formula is C16H29N3O3. The van der Waals surface area contributed by atoms with Crippen LogP contribution in [0.4, 0.5) is 4.79 Å². The van der Waals surface area contributed by atoms with Crippen molar-refractivity contribution in [3.8, 4) is 0 Å². The first kappa shape index (κ1) is 17.1. The molecule has 0 aromatic heterocycles. The highest BCUT2D eigenvalue weighted by Crippen LogP contribution is 2.43. The van der Waals surface area contributed by atoms with Crippen molar-refractivity contribution in [1.29, 1.82) is 0 Å². The van der Waals surface area contributed by atoms with Gasteiger partial charge in [0.25, 0.3) is 0 Å². The van der Waals surface area contributed by atoms with Gasteiger partial charge >= 0.3 is 12.0 Å². The van der Waals surface area contributed by atoms with Crippen molar-refractivity contribution in [2.24, 2.45) is 17.8 Å². The summed E-state index contributed by atoms with van der Waals surface area (Å²) in [5.41, 5.74) is 0. The Morgan fingerprint density at radius 3 is 2.45 bits per heavy atom. The van der Waals surface area contributed by atoms with Gasteiger partial charge in [0.2, 0.25) is 0 Å². The van der Waals surface area contributed by atoms with Crippen LogP contribution in [0.15, 0.2) is 0 Å². The normalized spacial score (nSPS) is 30.0. The monoisotopic (exact) mass is 311 g/mol. The Morgan fingerprint density at radius 2 is 1.95 bits per heavy atom. The van der Waals surface area contributed by atoms with Crippen LogP contribution in [-0.4, -0.2) is 53.7 Å². The molecule has 3 N–H and O–H groups in total. The predicted molar refractivity (Wildman–Crippen MR) is 84.7 cm³/mol. The van der Waals surface area contributed by atoms with Crippen molar-refractivity contribution in [3.63, 3.8) is 0 Å². The minimum atomic E-state index is -0.792. The van der Waals surface area contributed by atoms with Gasteiger partial charge in [0, 0.05) is 18.6 Å². The molecule has 0 saturated heterocycles. The molecule has 6 heteroatoms. The lowest BCUT2D eigenvalue weighted by molar-refractivity contribution is -0.139. The Balaban J connectivity index is 1.59. The molecule has 0 aromatic carbocycles. The fourth-order valence-electron chi connectivity index (χ4n) is 3.46. The molecule has 0 spiro atoms. The number of hydrogen-bond donors (Lipinski definition) is 3. The van der Waals surface area contributed by atoms with Crippen LogP contribution in [0.3, 0.4) is 0 Å². The van der Waals surface area contributed by atoms with Crippen LogP contribution in [0, 0.1) is 17.8 Å². The van der Waals surface area contributed by atoms with E-state index in [9.17, 15) is 9.59 Å². The van der Waals surface area contributed by atoms with Gasteiger partial charge in [-0.3, -0.25) is 9.69 Å². The molecular weight excluding hydrogens is 282 g/mol. The average Bonchev–Trinajstić information content (AvgIpc) is 3.17. The van der Waals surface area contributed by atoms with E-state index in [-0.39, 0.29) is 24.7 Å². The smallest absolute Gasteiger partial charge is 0.317 e. The summed E-state index contributed by atoms with van der Waals surface area (Å²) < 4.78 is 0. The summed E-state index contributed by atoms with van der Waals surface area (Å²) in [5.74, 6) is 1.32. The number of likely N-dealkylation sites (N-methyl/N-ethyl adjacent to an activating group) is 1. The number of hydrogen-bond acceptors (Lipinski definition) is 3. The maximum absolute atomic E-state index is 11.8. The molecule has 2 fully saturated rings. The first-order chi connectivity index (χ1) is 10.4. The van der Waals surface area contributed by atoms with Crippen molar-refractivity contribution in [2.75, 3.05) is 19.6 Å². The fourth-order valence-corrected chi connectivity index (χ4v) is 3.46. The Labute approximate surface area is 132 Å². The Hall–Kier alpha value is -1.30. The van der Waals surface area contributed by atoms with Crippen LogP contribution in [0.1, 0.15) is 40.0 Å². The summed E-state index contributed by atoms with van der Waals surface area (Å²) in [6.07, 6.45) is 2.91. The Morgan fingerprint density at radius 1 is 1.27 bits per heavy atom. The lowest BCUT2D eigenvalue weighted by atomic mass is 9.85. The lowest BCUT2D eigenvalue weighted by Gasteiger charge is -2.42. The fraction of sp³-hybridized carbons (Fsp3) is 0.875. The van der Waals surface area contributed by atoms with E-state index >= 15 is 0 Å². The maximum atomic E-state index is 11.8. The van der Waals surface area contributed by atoms with Crippen LogP contribution in [0.5, 0.6) is 0 Å². The number of carbonyl (C=O) groups excluding carboxylic acids is 1. The Bertz CT molecular complexity index is 407. The second-order valence-electron chi connectivity index (χ2n) is 7.04. The van der Waals surface area contributed by atoms with Crippen molar-refractivity contribution < 1.29 is 14.7 Å². The van der Waals surface area contributed by atoms with Gasteiger partial charge in [-0.2, -0.15) is 0 Å². The molecule has 0 bridgehead atoms. The molecule has 2 amide bonds. The SMILES string of the molecule is CCN(CC(=O)O)C1CC(NC(=O)NC[C@@H]2C[C@H]2C(C)C)C1. The zero-order valence-corrected chi connectivity index (χ0v) is 13.8. The number of amides is 2. The maximum Gasteiger partial charge on any atom is 0.317 e. The average molecular weight is 311 g/mol. The summed E-state index contributed by atoms with van der Waals surface area (Å²) in [7, 11) is 0. The van der Waals surface area contributed by atoms with E-state index in [0.29, 0.717) is 11.8 Å². The number of nitrogens with one attached hydrogen (secondary N) is 2. The van der Waals surface area contributed by atoms with Crippen molar-refractivity contribution in [3.05, 3.63) is 0 Å². The molecule has 0 radical (unpaired) electrons. The summed E-state index contributed by atoms with van der Waals surface area (Å²) in [6.45, 7) is 8.01. The molecule has 0 aliphatic heterocycles. The van der Waals surface area contributed by atoms with Gasteiger partial charge in [-0.1, -0.05) is 20.8 Å². The number of carbonyl (C=O) groups is 2. The molecule has 0 aromatic rings. The van der Waals surface area contributed by atoms with E-state index < -0.39 is 5.97 Å². The van der Waals surface area contributed by atoms with E-state index in [1.54, 1.807) is 0 Å². The van der Waals surface area contributed by atoms with E-state index in [1.165, 1.54) is 6.42 Å². The largest absolute Gasteiger partial charge is 0.480 e. The highest BCUT2D eigenvalue weighted by molar-refractivity contribution is 5.74. The minimum absolute atomic E-state index is 0.0817. The first-order valence-corrected chi connectivity index (χ1v) is 8.40. The highest BCUT2D eigenvalue weighted by Gasteiger charge is 2.39. The number of aliphatic carboxylic acids is 1. The molecule has 2 saturated carbocycles. The standard InChI is InChI=1S/C16H29N3O3/c1-4-19(9-15(20)21)13-6-12(7-13)18-16(22)17-8-11-5-14(11)10(2)3/h10-14H,4-9H2,1-3H3,(H,20,21)(H2,17,18,22)/t11-,12?,13?,14-/m0/s1. The third kappa shape index (κ3) is 4.60. The van der Waals surface area contributed by atoms with E-state index in [2.05, 4.69) is 24.5 Å². The molecule has 2 aliphatic carbocycles. The van der Waals surface area contributed by atoms with Gasteiger partial charge in [0.1, 0.15) is 0 Å². The number of carboxylic acids is 1. The molecule has 2 atom stereocenters. The lowest BCUT2D eigenvalue weighted by Crippen LogP contribution is -2.56. The number of carboxylic acid groups (broad SMARTS) is 1. The van der Waals surface area contributed by atoms with Gasteiger partial charge in [0.15, 0.2) is 0 Å². The van der Waals surface area contributed by atoms with Crippen molar-refractivity contribution in [1.82, 2.24) is 15.5 Å². The van der Waals surface area contributed by atoms with Crippen molar-refractivity contribution >= 4 is 12.0 Å². The van der Waals surface area contributed by atoms with Gasteiger partial charge < -0.3 is 15.7 Å². The number of nitrogens with zero attached hydrogens (tertiary/aromatic N) is 1. The molecule has 126 valence electrons. The van der Waals surface area contributed by atoms with Gasteiger partial charge in [-0.15, -0.1) is 0 Å². The topological polar surface area (TPSA) is 81.7 Å². The van der Waals surface area contributed by atoms with Crippen LogP contribution in [-0.2, 0) is 4.79 Å². The third-order valence-corrected chi connectivity index (χ3v) is 5.07. The van der Waals surface area contributed by atoms with E-state index in [4.69, 9.17) is 5.11 Å². The number of rotatable bonds is 8. The first-order valence-electron chi connectivity index (χ1n) is 8.40. The van der Waals surface area contributed by atoms with E-state index in [1.807, 2.05) is 11.8 Å². The van der Waals surface area contributed by atoms with E-state index in [0.717, 1.165) is 31.8 Å². The molecule has 0 heterocycles. The summed E-state index contributed by atoms with van der Waals surface area (Å²) >= 11 is 0. The van der Waals surface area contributed by atoms with Crippen LogP contribution in [0.2, 0.25) is 0 Å². The minimum Gasteiger partial charge on any atom is -0.480 e.